The van der Waals surface area contributed by atoms with Gasteiger partial charge in [-0.05, 0) is 23.8 Å². The summed E-state index contributed by atoms with van der Waals surface area (Å²) in [6.45, 7) is 0.739. The van der Waals surface area contributed by atoms with Crippen LogP contribution < -0.4 is 10.2 Å². The Hall–Kier alpha value is -3.34. The third-order valence-electron chi connectivity index (χ3n) is 4.72. The van der Waals surface area contributed by atoms with Gasteiger partial charge in [-0.3, -0.25) is 4.98 Å². The largest absolute Gasteiger partial charge is 0.378 e. The zero-order valence-electron chi connectivity index (χ0n) is 15.8. The number of nitrogens with zero attached hydrogens (tertiary/aromatic N) is 4. The summed E-state index contributed by atoms with van der Waals surface area (Å²) in [6, 6.07) is 20.8. The van der Waals surface area contributed by atoms with Gasteiger partial charge in [0.05, 0.1) is 17.4 Å². The molecule has 0 aliphatic carbocycles. The summed E-state index contributed by atoms with van der Waals surface area (Å²) in [5, 5.41) is 3.42. The van der Waals surface area contributed by atoms with Crippen molar-refractivity contribution in [2.45, 2.75) is 6.54 Å². The number of fused-ring (bicyclic) bond motifs is 1. The third-order valence-corrected chi connectivity index (χ3v) is 4.72. The Balaban J connectivity index is 1.65. The fourth-order valence-electron chi connectivity index (χ4n) is 3.13. The number of pyridine rings is 1. The van der Waals surface area contributed by atoms with Gasteiger partial charge in [0, 0.05) is 38.9 Å². The molecule has 0 aliphatic rings. The minimum Gasteiger partial charge on any atom is -0.378 e. The number of imidazole rings is 1. The molecule has 1 N–H and O–H groups in total. The zero-order valence-corrected chi connectivity index (χ0v) is 15.8. The molecule has 0 fully saturated rings. The lowest BCUT2D eigenvalue weighted by Crippen LogP contribution is -2.08. The topological polar surface area (TPSA) is 46.0 Å². The molecule has 0 bridgehead atoms. The Morgan fingerprint density at radius 3 is 2.59 bits per heavy atom. The summed E-state index contributed by atoms with van der Waals surface area (Å²) in [7, 11) is 6.12. The number of hydrogen-bond acceptors (Lipinski definition) is 4. The molecule has 27 heavy (non-hydrogen) atoms. The number of anilines is 2. The normalized spacial score (nSPS) is 10.9. The van der Waals surface area contributed by atoms with Gasteiger partial charge in [0.1, 0.15) is 5.52 Å². The van der Waals surface area contributed by atoms with Gasteiger partial charge in [-0.1, -0.05) is 42.5 Å². The average molecular weight is 357 g/mol. The maximum Gasteiger partial charge on any atom is 0.203 e. The predicted octanol–water partition coefficient (Wildman–Crippen LogP) is 4.31. The Morgan fingerprint density at radius 1 is 1.00 bits per heavy atom. The summed E-state index contributed by atoms with van der Waals surface area (Å²) in [5.74, 6) is 0.842. The monoisotopic (exact) mass is 357 g/mol. The van der Waals surface area contributed by atoms with E-state index in [4.69, 9.17) is 0 Å². The highest BCUT2D eigenvalue weighted by Gasteiger charge is 2.10. The molecule has 0 saturated carbocycles. The summed E-state index contributed by atoms with van der Waals surface area (Å²) in [6.07, 6.45) is 1.85. The van der Waals surface area contributed by atoms with E-state index < -0.39 is 0 Å². The van der Waals surface area contributed by atoms with E-state index in [0.29, 0.717) is 0 Å². The molecule has 2 heterocycles. The lowest BCUT2D eigenvalue weighted by atomic mass is 10.1. The van der Waals surface area contributed by atoms with Crippen molar-refractivity contribution in [3.8, 4) is 11.3 Å². The zero-order chi connectivity index (χ0) is 18.8. The van der Waals surface area contributed by atoms with Crippen LogP contribution >= 0.6 is 0 Å². The highest BCUT2D eigenvalue weighted by molar-refractivity contribution is 5.82. The number of aryl methyl sites for hydroxylation is 1. The molecular formula is C22H23N5. The Bertz CT molecular complexity index is 1070. The Kier molecular flexibility index (Phi) is 4.50. The smallest absolute Gasteiger partial charge is 0.203 e. The predicted molar refractivity (Wildman–Crippen MR) is 112 cm³/mol. The molecule has 0 amide bonds. The molecular weight excluding hydrogens is 334 g/mol. The van der Waals surface area contributed by atoms with E-state index in [2.05, 4.69) is 67.2 Å². The second-order valence-electron chi connectivity index (χ2n) is 6.84. The van der Waals surface area contributed by atoms with E-state index in [9.17, 15) is 0 Å². The minimum absolute atomic E-state index is 0.739. The van der Waals surface area contributed by atoms with Crippen molar-refractivity contribution >= 4 is 22.7 Å². The lowest BCUT2D eigenvalue weighted by molar-refractivity contribution is 0.927. The Morgan fingerprint density at radius 2 is 1.81 bits per heavy atom. The van der Waals surface area contributed by atoms with Crippen molar-refractivity contribution in [3.05, 3.63) is 72.4 Å². The molecule has 0 aliphatic heterocycles. The van der Waals surface area contributed by atoms with Crippen LogP contribution in [0.15, 0.2) is 66.9 Å². The van der Waals surface area contributed by atoms with E-state index in [1.54, 1.807) is 0 Å². The van der Waals surface area contributed by atoms with Gasteiger partial charge >= 0.3 is 0 Å². The highest BCUT2D eigenvalue weighted by Crippen LogP contribution is 2.26. The van der Waals surface area contributed by atoms with Gasteiger partial charge < -0.3 is 14.8 Å². The van der Waals surface area contributed by atoms with Crippen molar-refractivity contribution < 1.29 is 0 Å². The average Bonchev–Trinajstić information content (AvgIpc) is 3.02. The molecule has 5 heteroatoms. The molecule has 2 aromatic carbocycles. The van der Waals surface area contributed by atoms with Crippen molar-refractivity contribution in [2.24, 2.45) is 7.05 Å². The van der Waals surface area contributed by atoms with Crippen molar-refractivity contribution in [3.63, 3.8) is 0 Å². The first-order valence-electron chi connectivity index (χ1n) is 9.00. The van der Waals surface area contributed by atoms with E-state index in [1.165, 1.54) is 5.56 Å². The Labute approximate surface area is 159 Å². The van der Waals surface area contributed by atoms with Gasteiger partial charge in [-0.2, -0.15) is 0 Å². The van der Waals surface area contributed by atoms with Crippen LogP contribution in [-0.4, -0.2) is 28.6 Å². The number of nitrogens with one attached hydrogen (secondary N) is 1. The van der Waals surface area contributed by atoms with Crippen LogP contribution in [0.5, 0.6) is 0 Å². The van der Waals surface area contributed by atoms with Gasteiger partial charge in [0.2, 0.25) is 5.95 Å². The standard InChI is InChI=1S/C22H23N5/c1-26(2)18-11-7-10-17(12-18)19-13-21-20(15-23-19)25-22(27(21)3)24-14-16-8-5-4-6-9-16/h4-13,15H,14H2,1-3H3,(H,24,25). The van der Waals surface area contributed by atoms with Crippen LogP contribution in [0.2, 0.25) is 0 Å². The van der Waals surface area contributed by atoms with E-state index in [1.807, 2.05) is 45.5 Å². The number of hydrogen-bond donors (Lipinski definition) is 1. The van der Waals surface area contributed by atoms with Crippen molar-refractivity contribution in [2.75, 3.05) is 24.3 Å². The highest BCUT2D eigenvalue weighted by atomic mass is 15.2. The fraction of sp³-hybridized carbons (Fsp3) is 0.182. The molecule has 5 nitrogen and oxygen atoms in total. The van der Waals surface area contributed by atoms with Crippen molar-refractivity contribution in [1.82, 2.24) is 14.5 Å². The van der Waals surface area contributed by atoms with Crippen LogP contribution in [0.1, 0.15) is 5.56 Å². The summed E-state index contributed by atoms with van der Waals surface area (Å²) < 4.78 is 2.08. The molecule has 0 spiro atoms. The SMILES string of the molecule is CN(C)c1cccc(-c2cc3c(cn2)nc(NCc2ccccc2)n3C)c1. The minimum atomic E-state index is 0.739. The molecule has 4 aromatic rings. The molecule has 2 aromatic heterocycles. The quantitative estimate of drug-likeness (QED) is 0.578. The molecule has 0 atom stereocenters. The van der Waals surface area contributed by atoms with Gasteiger partial charge in [0.15, 0.2) is 0 Å². The van der Waals surface area contributed by atoms with Crippen LogP contribution in [0.3, 0.4) is 0 Å². The first-order valence-corrected chi connectivity index (χ1v) is 9.00. The van der Waals surface area contributed by atoms with Crippen LogP contribution in [0, 0.1) is 0 Å². The summed E-state index contributed by atoms with van der Waals surface area (Å²) in [5.41, 5.74) is 6.38. The third kappa shape index (κ3) is 3.49. The maximum absolute atomic E-state index is 4.69. The number of aromatic nitrogens is 3. The van der Waals surface area contributed by atoms with Gasteiger partial charge in [-0.15, -0.1) is 0 Å². The first-order chi connectivity index (χ1) is 13.1. The molecule has 0 unspecified atom stereocenters. The summed E-state index contributed by atoms with van der Waals surface area (Å²) in [4.78, 5) is 11.4. The molecule has 0 radical (unpaired) electrons. The van der Waals surface area contributed by atoms with Crippen LogP contribution in [0.4, 0.5) is 11.6 Å². The summed E-state index contributed by atoms with van der Waals surface area (Å²) >= 11 is 0. The molecule has 4 rings (SSSR count). The lowest BCUT2D eigenvalue weighted by Gasteiger charge is -2.13. The number of benzene rings is 2. The molecule has 136 valence electrons. The first kappa shape index (κ1) is 17.1. The van der Waals surface area contributed by atoms with E-state index in [0.717, 1.165) is 40.5 Å². The van der Waals surface area contributed by atoms with E-state index >= 15 is 0 Å². The fourth-order valence-corrected chi connectivity index (χ4v) is 3.13. The van der Waals surface area contributed by atoms with Crippen LogP contribution in [0.25, 0.3) is 22.3 Å². The molecule has 0 saturated heterocycles. The second-order valence-corrected chi connectivity index (χ2v) is 6.84. The van der Waals surface area contributed by atoms with Gasteiger partial charge in [0.25, 0.3) is 0 Å². The van der Waals surface area contributed by atoms with E-state index in [-0.39, 0.29) is 0 Å². The van der Waals surface area contributed by atoms with Crippen molar-refractivity contribution in [1.29, 1.82) is 0 Å². The maximum atomic E-state index is 4.69. The van der Waals surface area contributed by atoms with Crippen LogP contribution in [-0.2, 0) is 13.6 Å². The van der Waals surface area contributed by atoms with Gasteiger partial charge in [-0.25, -0.2) is 4.98 Å². The second kappa shape index (κ2) is 7.11. The number of rotatable bonds is 5.